The zero-order valence-electron chi connectivity index (χ0n) is 12.9. The van der Waals surface area contributed by atoms with Gasteiger partial charge in [-0.2, -0.15) is 0 Å². The van der Waals surface area contributed by atoms with E-state index < -0.39 is 7.81 Å². The summed E-state index contributed by atoms with van der Waals surface area (Å²) in [5.41, 5.74) is 0. The summed E-state index contributed by atoms with van der Waals surface area (Å²) in [6.45, 7) is 0. The Labute approximate surface area is 138 Å². The van der Waals surface area contributed by atoms with Crippen LogP contribution in [0.4, 0.5) is 34.0 Å². The summed E-state index contributed by atoms with van der Waals surface area (Å²) in [6, 6.07) is 0. The molecule has 4 nitrogen and oxygen atoms in total. The number of aryl methyl sites for hydroxylation is 4. The Morgan fingerprint density at radius 3 is 1.00 bits per heavy atom. The molecule has 0 amide bonds. The Kier molecular flexibility index (Phi) is 7.47. The van der Waals surface area contributed by atoms with Crippen LogP contribution < -0.4 is 21.5 Å². The Morgan fingerprint density at radius 1 is 0.750 bits per heavy atom. The molecule has 2 heterocycles. The van der Waals surface area contributed by atoms with Gasteiger partial charge in [-0.1, -0.05) is 0 Å². The van der Waals surface area contributed by atoms with Gasteiger partial charge in [0.25, 0.3) is 0 Å². The second-order valence-corrected chi connectivity index (χ2v) is 6.45. The fraction of sp³-hybridized carbons (Fsp3) is 0.400. The van der Waals surface area contributed by atoms with Crippen molar-refractivity contribution in [3.8, 4) is 0 Å². The van der Waals surface area contributed by atoms with Crippen molar-refractivity contribution in [2.75, 3.05) is 0 Å². The summed E-state index contributed by atoms with van der Waals surface area (Å²) in [7, 11) is -4.01. The van der Waals surface area contributed by atoms with Gasteiger partial charge in [-0.15, -0.1) is 8.78 Å². The Morgan fingerprint density at radius 2 is 0.958 bits per heavy atom. The molecular weight excluding hydrogens is 395 g/mol. The van der Waals surface area contributed by atoms with E-state index in [2.05, 4.69) is 0 Å². The average Bonchev–Trinajstić information content (AvgIpc) is 2.77. The van der Waals surface area contributed by atoms with Crippen molar-refractivity contribution in [2.45, 2.75) is 0 Å². The number of rotatable bonds is 0. The van der Waals surface area contributed by atoms with Gasteiger partial charge < -0.3 is 12.4 Å². The molecule has 0 aliphatic carbocycles. The van der Waals surface area contributed by atoms with Crippen LogP contribution in [0.25, 0.3) is 0 Å². The first-order chi connectivity index (χ1) is 9.88. The molecule has 14 heteroatoms. The molecule has 0 aliphatic heterocycles. The van der Waals surface area contributed by atoms with E-state index in [1.165, 1.54) is 18.3 Å². The molecule has 2 aromatic heterocycles. The van der Waals surface area contributed by atoms with Crippen LogP contribution in [0, 0.1) is 12.2 Å². The van der Waals surface area contributed by atoms with E-state index in [1.807, 2.05) is 0 Å². The number of imidazole rings is 2. The van der Waals surface area contributed by atoms with Gasteiger partial charge in [0.1, 0.15) is 24.8 Å². The largest absolute Gasteiger partial charge is 1.00 e. The predicted octanol–water partition coefficient (Wildman–Crippen LogP) is 0.364. The van der Waals surface area contributed by atoms with Crippen LogP contribution in [-0.2, 0) is 28.2 Å². The second kappa shape index (κ2) is 7.22. The number of nitrogens with zero attached hydrogens (tertiary/aromatic N) is 4. The van der Waals surface area contributed by atoms with E-state index in [1.54, 1.807) is 53.0 Å². The van der Waals surface area contributed by atoms with Crippen LogP contribution in [-0.4, -0.2) is 9.13 Å². The maximum absolute atomic E-state index is 12.4. The second-order valence-electron chi connectivity index (χ2n) is 4.54. The minimum atomic E-state index is -10.7. The Balaban J connectivity index is 0. The molecule has 0 saturated heterocycles. The first kappa shape index (κ1) is 24.8. The van der Waals surface area contributed by atoms with Gasteiger partial charge in [0.15, 0.2) is 0 Å². The minimum Gasteiger partial charge on any atom is -1.00 e. The van der Waals surface area contributed by atoms with E-state index in [0.717, 1.165) is 0 Å². The number of halogens is 9. The molecule has 0 N–H and O–H groups in total. The zero-order chi connectivity index (χ0) is 18.7. The molecule has 2 aromatic rings. The number of aromatic nitrogens is 4. The zero-order valence-corrected chi connectivity index (χ0v) is 14.6. The van der Waals surface area contributed by atoms with Gasteiger partial charge in [-0.05, 0) is 0 Å². The summed E-state index contributed by atoms with van der Waals surface area (Å²) in [4.78, 5) is 0. The first-order valence-electron chi connectivity index (χ1n) is 5.77. The molecule has 0 spiro atoms. The number of hydrogen-bond donors (Lipinski definition) is 0. The smallest absolute Gasteiger partial charge is 1.00 e. The molecule has 0 radical (unpaired) electrons. The standard InChI is InChI=1S/2C5H8FN2.ClH.F6P/c2*1-7-3-4-8(2)5(7)6;;1-7(2,3,4,5)6/h2*3-4H,1-2H3;1H;/q2*+1;;-1/p-1. The molecule has 2 rings (SSSR count). The van der Waals surface area contributed by atoms with Gasteiger partial charge >= 0.3 is 45.1 Å². The van der Waals surface area contributed by atoms with Crippen LogP contribution >= 0.6 is 7.81 Å². The Hall–Kier alpha value is -1.42. The van der Waals surface area contributed by atoms with Gasteiger partial charge in [-0.25, -0.2) is 18.3 Å². The molecule has 0 atom stereocenters. The normalized spacial score (nSPS) is 13.3. The quantitative estimate of drug-likeness (QED) is 0.339. The fourth-order valence-electron chi connectivity index (χ4n) is 1.14. The van der Waals surface area contributed by atoms with Crippen molar-refractivity contribution < 1.29 is 55.5 Å². The van der Waals surface area contributed by atoms with Crippen molar-refractivity contribution in [1.82, 2.24) is 9.13 Å². The maximum atomic E-state index is 12.4. The fourth-order valence-corrected chi connectivity index (χ4v) is 1.14. The summed E-state index contributed by atoms with van der Waals surface area (Å²) in [6.07, 6.45) is 6.19. The van der Waals surface area contributed by atoms with Crippen molar-refractivity contribution in [3.63, 3.8) is 0 Å². The molecule has 0 aliphatic rings. The Bertz CT molecular complexity index is 569. The van der Waals surface area contributed by atoms with Crippen LogP contribution in [0.2, 0.25) is 0 Å². The van der Waals surface area contributed by atoms with E-state index in [4.69, 9.17) is 0 Å². The molecule has 0 aromatic carbocycles. The summed E-state index contributed by atoms with van der Waals surface area (Å²) in [5.74, 6) is 0. The summed E-state index contributed by atoms with van der Waals surface area (Å²) >= 11 is 0. The van der Waals surface area contributed by atoms with Gasteiger partial charge in [0, 0.05) is 0 Å². The van der Waals surface area contributed by atoms with Gasteiger partial charge in [-0.3, -0.25) is 0 Å². The van der Waals surface area contributed by atoms with Crippen molar-refractivity contribution in [3.05, 3.63) is 36.9 Å². The minimum absolute atomic E-state index is 0. The molecule has 24 heavy (non-hydrogen) atoms. The van der Waals surface area contributed by atoms with Crippen molar-refractivity contribution in [1.29, 1.82) is 0 Å². The maximum Gasteiger partial charge on any atom is -1.00 e. The summed E-state index contributed by atoms with van der Waals surface area (Å²) in [5, 5.41) is 0. The third-order valence-electron chi connectivity index (χ3n) is 2.19. The molecule has 0 bridgehead atoms. The first-order valence-corrected chi connectivity index (χ1v) is 7.80. The van der Waals surface area contributed by atoms with Crippen LogP contribution in [0.3, 0.4) is 0 Å². The molecule has 0 saturated carbocycles. The predicted molar refractivity (Wildman–Crippen MR) is 66.7 cm³/mol. The van der Waals surface area contributed by atoms with E-state index >= 15 is 0 Å². The van der Waals surface area contributed by atoms with Crippen molar-refractivity contribution >= 4 is 7.81 Å². The SMILES string of the molecule is Cn1cc[n+](C)c1F.Cn1cc[n+](C)c1F.F[P-](F)(F)(F)(F)F.[Cl-]. The van der Waals surface area contributed by atoms with Gasteiger partial charge in [0.2, 0.25) is 0 Å². The van der Waals surface area contributed by atoms with Crippen molar-refractivity contribution in [2.24, 2.45) is 28.2 Å². The monoisotopic (exact) mass is 410 g/mol. The molecule has 144 valence electrons. The van der Waals surface area contributed by atoms with E-state index in [9.17, 15) is 34.0 Å². The summed E-state index contributed by atoms with van der Waals surface area (Å²) < 4.78 is 89.7. The molecule has 0 fully saturated rings. The topological polar surface area (TPSA) is 17.6 Å². The van der Waals surface area contributed by atoms with E-state index in [-0.39, 0.29) is 24.6 Å². The van der Waals surface area contributed by atoms with Gasteiger partial charge in [0.05, 0.1) is 28.2 Å². The average molecular weight is 411 g/mol. The van der Waals surface area contributed by atoms with E-state index in [0.29, 0.717) is 0 Å². The van der Waals surface area contributed by atoms with Crippen LogP contribution in [0.1, 0.15) is 0 Å². The number of hydrogen-bond acceptors (Lipinski definition) is 0. The molecule has 0 unspecified atom stereocenters. The van der Waals surface area contributed by atoms with Crippen LogP contribution in [0.5, 0.6) is 0 Å². The molecular formula is C10H16ClF8N4P. The third kappa shape index (κ3) is 13.1. The van der Waals surface area contributed by atoms with Crippen LogP contribution in [0.15, 0.2) is 24.8 Å². The third-order valence-corrected chi connectivity index (χ3v) is 2.19.